The number of rotatable bonds is 5. The van der Waals surface area contributed by atoms with Gasteiger partial charge in [0.1, 0.15) is 5.82 Å². The van der Waals surface area contributed by atoms with Gasteiger partial charge in [-0.25, -0.2) is 4.39 Å². The van der Waals surface area contributed by atoms with E-state index in [1.54, 1.807) is 12.1 Å². The van der Waals surface area contributed by atoms with E-state index >= 15 is 0 Å². The van der Waals surface area contributed by atoms with Crippen LogP contribution in [0.5, 0.6) is 0 Å². The van der Waals surface area contributed by atoms with Gasteiger partial charge in [0.15, 0.2) is 5.82 Å². The molecule has 1 amide bonds. The fraction of sp³-hybridized carbons (Fsp3) is 0.438. The highest BCUT2D eigenvalue weighted by molar-refractivity contribution is 5.90. The third kappa shape index (κ3) is 4.38. The minimum absolute atomic E-state index is 0.163. The van der Waals surface area contributed by atoms with E-state index in [0.29, 0.717) is 24.6 Å². The number of nitrogens with one attached hydrogen (secondary N) is 1. The average Bonchev–Trinajstić information content (AvgIpc) is 2.90. The number of benzene rings is 1. The standard InChI is InChI=1S/C16H20FN3O2/c1-16(2,3)15-19-14(22-20-15)10-6-9-13(21)18-12-8-5-4-7-11(12)17/h4-5,7-8H,6,9-10H2,1-3H3,(H,18,21). The summed E-state index contributed by atoms with van der Waals surface area (Å²) in [4.78, 5) is 16.1. The second-order valence-corrected chi connectivity index (χ2v) is 6.14. The average molecular weight is 305 g/mol. The third-order valence-corrected chi connectivity index (χ3v) is 3.08. The van der Waals surface area contributed by atoms with Crippen LogP contribution in [0, 0.1) is 5.82 Å². The molecule has 2 rings (SSSR count). The first kappa shape index (κ1) is 16.1. The van der Waals surface area contributed by atoms with Crippen molar-refractivity contribution in [2.45, 2.75) is 45.4 Å². The molecule has 118 valence electrons. The van der Waals surface area contributed by atoms with E-state index in [-0.39, 0.29) is 23.4 Å². The molecule has 1 N–H and O–H groups in total. The van der Waals surface area contributed by atoms with Gasteiger partial charge >= 0.3 is 0 Å². The molecule has 22 heavy (non-hydrogen) atoms. The Balaban J connectivity index is 1.80. The number of aryl methyl sites for hydroxylation is 1. The van der Waals surface area contributed by atoms with Gasteiger partial charge in [-0.2, -0.15) is 4.98 Å². The van der Waals surface area contributed by atoms with Crippen LogP contribution in [-0.4, -0.2) is 16.0 Å². The summed E-state index contributed by atoms with van der Waals surface area (Å²) in [6.07, 6.45) is 1.35. The van der Waals surface area contributed by atoms with E-state index in [9.17, 15) is 9.18 Å². The first-order chi connectivity index (χ1) is 10.4. The number of nitrogens with zero attached hydrogens (tertiary/aromatic N) is 2. The van der Waals surface area contributed by atoms with Gasteiger partial charge in [0, 0.05) is 18.3 Å². The molecule has 0 unspecified atom stereocenters. The highest BCUT2D eigenvalue weighted by atomic mass is 19.1. The predicted octanol–water partition coefficient (Wildman–Crippen LogP) is 3.47. The summed E-state index contributed by atoms with van der Waals surface area (Å²) in [6.45, 7) is 6.01. The Morgan fingerprint density at radius 3 is 2.68 bits per heavy atom. The van der Waals surface area contributed by atoms with Gasteiger partial charge in [-0.15, -0.1) is 0 Å². The smallest absolute Gasteiger partial charge is 0.226 e. The van der Waals surface area contributed by atoms with Crippen molar-refractivity contribution in [2.75, 3.05) is 5.32 Å². The quantitative estimate of drug-likeness (QED) is 0.918. The van der Waals surface area contributed by atoms with Crippen LogP contribution in [0.1, 0.15) is 45.3 Å². The maximum atomic E-state index is 13.4. The second-order valence-electron chi connectivity index (χ2n) is 6.14. The van der Waals surface area contributed by atoms with Gasteiger partial charge in [-0.05, 0) is 18.6 Å². The molecule has 0 saturated heterocycles. The molecule has 0 aliphatic carbocycles. The lowest BCUT2D eigenvalue weighted by atomic mass is 9.96. The molecule has 6 heteroatoms. The summed E-state index contributed by atoms with van der Waals surface area (Å²) in [5.74, 6) is 0.491. The molecule has 0 spiro atoms. The van der Waals surface area contributed by atoms with Gasteiger partial charge in [-0.1, -0.05) is 38.1 Å². The van der Waals surface area contributed by atoms with E-state index in [2.05, 4.69) is 15.5 Å². The van der Waals surface area contributed by atoms with Gasteiger partial charge in [0.25, 0.3) is 0 Å². The Morgan fingerprint density at radius 2 is 2.05 bits per heavy atom. The number of aromatic nitrogens is 2. The molecule has 0 saturated carbocycles. The minimum atomic E-state index is -0.442. The SMILES string of the molecule is CC(C)(C)c1noc(CCCC(=O)Nc2ccccc2F)n1. The van der Waals surface area contributed by atoms with Crippen molar-refractivity contribution in [1.82, 2.24) is 10.1 Å². The Kier molecular flexibility index (Phi) is 4.90. The van der Waals surface area contributed by atoms with Crippen molar-refractivity contribution in [3.05, 3.63) is 41.8 Å². The Morgan fingerprint density at radius 1 is 1.32 bits per heavy atom. The molecule has 2 aromatic rings. The Bertz CT molecular complexity index is 647. The maximum absolute atomic E-state index is 13.4. The predicted molar refractivity (Wildman–Crippen MR) is 81.0 cm³/mol. The molecular weight excluding hydrogens is 285 g/mol. The first-order valence-electron chi connectivity index (χ1n) is 7.24. The fourth-order valence-corrected chi connectivity index (χ4v) is 1.84. The van der Waals surface area contributed by atoms with Gasteiger partial charge < -0.3 is 9.84 Å². The molecule has 0 atom stereocenters. The van der Waals surface area contributed by atoms with E-state index in [4.69, 9.17) is 4.52 Å². The fourth-order valence-electron chi connectivity index (χ4n) is 1.84. The summed E-state index contributed by atoms with van der Waals surface area (Å²) in [7, 11) is 0. The number of carbonyl (C=O) groups is 1. The highest BCUT2D eigenvalue weighted by Gasteiger charge is 2.20. The van der Waals surface area contributed by atoms with Crippen LogP contribution < -0.4 is 5.32 Å². The van der Waals surface area contributed by atoms with Crippen LogP contribution in [-0.2, 0) is 16.6 Å². The first-order valence-corrected chi connectivity index (χ1v) is 7.24. The largest absolute Gasteiger partial charge is 0.339 e. The molecule has 0 bridgehead atoms. The normalized spacial score (nSPS) is 11.5. The van der Waals surface area contributed by atoms with Gasteiger partial charge in [-0.3, -0.25) is 4.79 Å². The molecular formula is C16H20FN3O2. The van der Waals surface area contributed by atoms with Gasteiger partial charge in [0.05, 0.1) is 5.69 Å². The van der Waals surface area contributed by atoms with Crippen molar-refractivity contribution >= 4 is 11.6 Å². The van der Waals surface area contributed by atoms with Crippen LogP contribution in [0.15, 0.2) is 28.8 Å². The lowest BCUT2D eigenvalue weighted by Gasteiger charge is -2.10. The summed E-state index contributed by atoms with van der Waals surface area (Å²) in [5, 5.41) is 6.47. The van der Waals surface area contributed by atoms with Crippen LogP contribution in [0.25, 0.3) is 0 Å². The number of amides is 1. The molecule has 0 aliphatic heterocycles. The zero-order chi connectivity index (χ0) is 16.2. The molecule has 0 fully saturated rings. The molecule has 1 aromatic carbocycles. The van der Waals surface area contributed by atoms with Crippen molar-refractivity contribution in [3.63, 3.8) is 0 Å². The lowest BCUT2D eigenvalue weighted by Crippen LogP contribution is -2.13. The monoisotopic (exact) mass is 305 g/mol. The number of anilines is 1. The number of hydrogen-bond donors (Lipinski definition) is 1. The second kappa shape index (κ2) is 6.68. The van der Waals surface area contributed by atoms with Crippen molar-refractivity contribution < 1.29 is 13.7 Å². The molecule has 1 heterocycles. The summed E-state index contributed by atoms with van der Waals surface area (Å²) in [5.41, 5.74) is 0.0320. The van der Waals surface area contributed by atoms with Gasteiger partial charge in [0.2, 0.25) is 11.8 Å². The van der Waals surface area contributed by atoms with E-state index in [1.165, 1.54) is 12.1 Å². The molecule has 1 aromatic heterocycles. The molecule has 0 aliphatic rings. The summed E-state index contributed by atoms with van der Waals surface area (Å²) >= 11 is 0. The van der Waals surface area contributed by atoms with E-state index in [0.717, 1.165) is 0 Å². The minimum Gasteiger partial charge on any atom is -0.339 e. The Labute approximate surface area is 128 Å². The number of halogens is 1. The van der Waals surface area contributed by atoms with Crippen molar-refractivity contribution in [2.24, 2.45) is 0 Å². The van der Waals surface area contributed by atoms with E-state index in [1.807, 2.05) is 20.8 Å². The number of hydrogen-bond acceptors (Lipinski definition) is 4. The molecule has 5 nitrogen and oxygen atoms in total. The van der Waals surface area contributed by atoms with Crippen LogP contribution in [0.3, 0.4) is 0 Å². The van der Waals surface area contributed by atoms with Crippen LogP contribution in [0.4, 0.5) is 10.1 Å². The summed E-state index contributed by atoms with van der Waals surface area (Å²) < 4.78 is 18.6. The topological polar surface area (TPSA) is 68.0 Å². The maximum Gasteiger partial charge on any atom is 0.226 e. The van der Waals surface area contributed by atoms with Crippen LogP contribution in [0.2, 0.25) is 0 Å². The highest BCUT2D eigenvalue weighted by Crippen LogP contribution is 2.19. The van der Waals surface area contributed by atoms with E-state index < -0.39 is 5.82 Å². The lowest BCUT2D eigenvalue weighted by molar-refractivity contribution is -0.116. The molecule has 0 radical (unpaired) electrons. The zero-order valence-electron chi connectivity index (χ0n) is 13.0. The van der Waals surface area contributed by atoms with Crippen LogP contribution >= 0.6 is 0 Å². The third-order valence-electron chi connectivity index (χ3n) is 3.08. The zero-order valence-corrected chi connectivity index (χ0v) is 13.0. The van der Waals surface area contributed by atoms with Crippen molar-refractivity contribution in [1.29, 1.82) is 0 Å². The number of para-hydroxylation sites is 1. The van der Waals surface area contributed by atoms with Crippen molar-refractivity contribution in [3.8, 4) is 0 Å². The number of carbonyl (C=O) groups excluding carboxylic acids is 1. The summed E-state index contributed by atoms with van der Waals surface area (Å²) in [6, 6.07) is 6.08. The Hall–Kier alpha value is -2.24.